The first kappa shape index (κ1) is 34.2. The fourth-order valence-electron chi connectivity index (χ4n) is 10.2. The van der Waals surface area contributed by atoms with Gasteiger partial charge in [-0.2, -0.15) is 5.26 Å². The van der Waals surface area contributed by atoms with Gasteiger partial charge < -0.3 is 19.7 Å². The fraction of sp³-hybridized carbons (Fsp3) is 0.429. The van der Waals surface area contributed by atoms with Crippen molar-refractivity contribution >= 4 is 56.7 Å². The van der Waals surface area contributed by atoms with Gasteiger partial charge in [0.25, 0.3) is 0 Å². The smallest absolute Gasteiger partial charge is 0.226 e. The highest BCUT2D eigenvalue weighted by Gasteiger charge is 2.55. The number of benzene rings is 2. The van der Waals surface area contributed by atoms with E-state index in [-0.39, 0.29) is 64.7 Å². The molecule has 7 heterocycles. The highest BCUT2D eigenvalue weighted by Crippen LogP contribution is 2.54. The Hall–Kier alpha value is -4.30. The molecule has 8 nitrogen and oxygen atoms in total. The van der Waals surface area contributed by atoms with E-state index in [0.29, 0.717) is 69.6 Å². The summed E-state index contributed by atoms with van der Waals surface area (Å²) in [6, 6.07) is 13.3. The van der Waals surface area contributed by atoms with Gasteiger partial charge in [-0.05, 0) is 87.3 Å². The number of pyridine rings is 2. The third kappa shape index (κ3) is 5.04. The van der Waals surface area contributed by atoms with Gasteiger partial charge in [0.15, 0.2) is 17.5 Å². The molecule has 1 amide bonds. The van der Waals surface area contributed by atoms with Crippen molar-refractivity contribution in [1.29, 1.82) is 5.26 Å². The number of carbonyl (C=O) groups is 1. The molecule has 276 valence electrons. The van der Waals surface area contributed by atoms with Gasteiger partial charge in [-0.25, -0.2) is 18.7 Å². The van der Waals surface area contributed by atoms with Crippen molar-refractivity contribution in [3.63, 3.8) is 0 Å². The average molecular weight is 767 g/mol. The first-order chi connectivity index (χ1) is 26.1. The normalized spacial score (nSPS) is 25.8. The summed E-state index contributed by atoms with van der Waals surface area (Å²) in [4.78, 5) is 28.0. The Morgan fingerprint density at radius 2 is 1.89 bits per heavy atom. The Labute approximate surface area is 322 Å². The number of halogens is 4. The quantitative estimate of drug-likeness (QED) is 0.179. The molecule has 12 heteroatoms. The highest BCUT2D eigenvalue weighted by molar-refractivity contribution is 6.43. The van der Waals surface area contributed by atoms with Crippen LogP contribution in [-0.2, 0) is 11.2 Å². The molecule has 11 rings (SSSR count). The molecule has 0 radical (unpaired) electrons. The molecule has 6 fully saturated rings. The Morgan fingerprint density at radius 1 is 1.06 bits per heavy atom. The molecule has 5 aromatic rings. The summed E-state index contributed by atoms with van der Waals surface area (Å²) in [7, 11) is 0. The summed E-state index contributed by atoms with van der Waals surface area (Å²) >= 11 is 13.2. The molecule has 0 unspecified atom stereocenters. The summed E-state index contributed by atoms with van der Waals surface area (Å²) in [5, 5.41) is 15.5. The van der Waals surface area contributed by atoms with Crippen LogP contribution in [0.25, 0.3) is 32.9 Å². The Balaban J connectivity index is 1.21. The average Bonchev–Trinajstić information content (AvgIpc) is 3.44. The van der Waals surface area contributed by atoms with E-state index in [1.807, 2.05) is 17.9 Å². The SMILES string of the molecule is Cc1ccnc(N2C[C@@H]3C[C@H](C2)N(C(=O)C2CC2)[C@H]3c2cc3c(C)nc4c(F)c(-c5cccc(Cl)c5Cl)c(CCC#N)cc4c3n2[C@H]2[C@H]3CN[C@@H]2C3)c1F. The predicted molar refractivity (Wildman–Crippen MR) is 206 cm³/mol. The van der Waals surface area contributed by atoms with Crippen LogP contribution in [0.4, 0.5) is 14.6 Å². The predicted octanol–water partition coefficient (Wildman–Crippen LogP) is 8.63. The van der Waals surface area contributed by atoms with Gasteiger partial charge in [0.05, 0.1) is 39.8 Å². The number of nitriles is 1. The lowest BCUT2D eigenvalue weighted by Gasteiger charge is -2.40. The first-order valence-corrected chi connectivity index (χ1v) is 19.8. The molecule has 2 aromatic carbocycles. The van der Waals surface area contributed by atoms with Gasteiger partial charge in [-0.3, -0.25) is 4.79 Å². The van der Waals surface area contributed by atoms with Crippen molar-refractivity contribution in [2.75, 3.05) is 24.5 Å². The number of anilines is 1. The number of hydrogen-bond acceptors (Lipinski definition) is 6. The van der Waals surface area contributed by atoms with Crippen LogP contribution >= 0.6 is 23.2 Å². The van der Waals surface area contributed by atoms with Crippen LogP contribution in [-0.4, -0.2) is 57.1 Å². The molecule has 2 saturated carbocycles. The van der Waals surface area contributed by atoms with Gasteiger partial charge in [0, 0.05) is 83.4 Å². The highest BCUT2D eigenvalue weighted by atomic mass is 35.5. The van der Waals surface area contributed by atoms with Crippen LogP contribution in [0.15, 0.2) is 42.6 Å². The number of likely N-dealkylation sites (tertiary alicyclic amines) is 1. The molecule has 6 atom stereocenters. The van der Waals surface area contributed by atoms with E-state index in [2.05, 4.69) is 31.9 Å². The fourth-order valence-corrected chi connectivity index (χ4v) is 10.6. The van der Waals surface area contributed by atoms with E-state index >= 15 is 8.78 Å². The van der Waals surface area contributed by atoms with Gasteiger partial charge in [-0.15, -0.1) is 0 Å². The van der Waals surface area contributed by atoms with Crippen molar-refractivity contribution in [1.82, 2.24) is 24.8 Å². The van der Waals surface area contributed by atoms with E-state index in [9.17, 15) is 10.1 Å². The van der Waals surface area contributed by atoms with Crippen LogP contribution in [0.5, 0.6) is 0 Å². The molecule has 4 saturated heterocycles. The first-order valence-electron chi connectivity index (χ1n) is 19.0. The number of aryl methyl sites for hydroxylation is 3. The molecule has 54 heavy (non-hydrogen) atoms. The van der Waals surface area contributed by atoms with Crippen molar-refractivity contribution < 1.29 is 13.6 Å². The minimum absolute atomic E-state index is 0.00580. The summed E-state index contributed by atoms with van der Waals surface area (Å²) in [6.45, 7) is 5.65. The van der Waals surface area contributed by atoms with Crippen LogP contribution in [0, 0.1) is 54.6 Å². The summed E-state index contributed by atoms with van der Waals surface area (Å²) in [5.41, 5.74) is 4.84. The number of nitrogens with zero attached hydrogens (tertiary/aromatic N) is 6. The van der Waals surface area contributed by atoms with E-state index in [1.165, 1.54) is 0 Å². The lowest BCUT2D eigenvalue weighted by molar-refractivity contribution is -0.135. The summed E-state index contributed by atoms with van der Waals surface area (Å²) in [5.74, 6) is 0.119. The molecule has 4 bridgehead atoms. The maximum Gasteiger partial charge on any atom is 0.226 e. The number of nitrogens with one attached hydrogen (secondary N) is 1. The topological polar surface area (TPSA) is 90.1 Å². The lowest BCUT2D eigenvalue weighted by Crippen LogP contribution is -2.45. The standard InChI is InChI=1S/C42H39Cl2F2N7O/c1-20-10-12-48-41(35(20)45)51-18-25-13-26(19-51)52(42(54)22-8-9-22)39(25)32-16-28-21(2)50-37-29(40(28)53(32)38-24-15-31(38)49-17-24)14-23(5-4-11-47)33(36(37)46)27-6-3-7-30(43)34(27)44/h3,6-7,10,12,14,16,22,24-26,31,38-39,49H,4-5,8-9,13,15,17-19H2,1-2H3/t24-,25+,26-,31-,38+,39-/m1/s1. The minimum atomic E-state index is -0.496. The molecule has 0 spiro atoms. The second-order valence-electron chi connectivity index (χ2n) is 16.1. The van der Waals surface area contributed by atoms with E-state index in [4.69, 9.17) is 28.2 Å². The minimum Gasteiger partial charge on any atom is -0.352 e. The maximum absolute atomic E-state index is 17.3. The molecule has 3 aromatic heterocycles. The molecular weight excluding hydrogens is 727 g/mol. The van der Waals surface area contributed by atoms with Gasteiger partial charge in [-0.1, -0.05) is 35.3 Å². The zero-order valence-electron chi connectivity index (χ0n) is 30.1. The summed E-state index contributed by atoms with van der Waals surface area (Å²) < 4.78 is 35.3. The molecule has 2 aliphatic carbocycles. The second kappa shape index (κ2) is 12.6. The lowest BCUT2D eigenvalue weighted by atomic mass is 9.79. The number of hydrogen-bond donors (Lipinski definition) is 1. The van der Waals surface area contributed by atoms with Crippen LogP contribution < -0.4 is 10.2 Å². The second-order valence-corrected chi connectivity index (χ2v) is 16.8. The van der Waals surface area contributed by atoms with E-state index < -0.39 is 5.82 Å². The van der Waals surface area contributed by atoms with E-state index in [0.717, 1.165) is 48.8 Å². The number of piperidine rings is 1. The Kier molecular flexibility index (Phi) is 8.00. The maximum atomic E-state index is 17.3. The van der Waals surface area contributed by atoms with Crippen molar-refractivity contribution in [3.8, 4) is 17.2 Å². The zero-order valence-corrected chi connectivity index (χ0v) is 31.6. The van der Waals surface area contributed by atoms with Crippen LogP contribution in [0.2, 0.25) is 10.0 Å². The van der Waals surface area contributed by atoms with Crippen molar-refractivity contribution in [2.24, 2.45) is 17.8 Å². The van der Waals surface area contributed by atoms with Gasteiger partial charge in [0.1, 0.15) is 5.52 Å². The number of carbonyl (C=O) groups excluding carboxylic acids is 1. The van der Waals surface area contributed by atoms with Gasteiger partial charge in [0.2, 0.25) is 5.91 Å². The number of fused-ring (bicyclic) bond motifs is 6. The largest absolute Gasteiger partial charge is 0.352 e. The van der Waals surface area contributed by atoms with Crippen molar-refractivity contribution in [3.05, 3.63) is 86.8 Å². The third-order valence-corrected chi connectivity index (χ3v) is 13.7. The molecule has 4 aliphatic heterocycles. The van der Waals surface area contributed by atoms with Crippen LogP contribution in [0.3, 0.4) is 0 Å². The third-order valence-electron chi connectivity index (χ3n) is 12.9. The van der Waals surface area contributed by atoms with Crippen LogP contribution in [0.1, 0.15) is 66.7 Å². The number of aromatic nitrogens is 3. The molecule has 1 N–H and O–H groups in total. The summed E-state index contributed by atoms with van der Waals surface area (Å²) in [6.07, 6.45) is 5.80. The van der Waals surface area contributed by atoms with Gasteiger partial charge >= 0.3 is 0 Å². The Bertz CT molecular complexity index is 2440. The van der Waals surface area contributed by atoms with E-state index in [1.54, 1.807) is 37.4 Å². The monoisotopic (exact) mass is 765 g/mol. The van der Waals surface area contributed by atoms with Crippen molar-refractivity contribution in [2.45, 2.75) is 76.5 Å². The molecular formula is C42H39Cl2F2N7O. The Morgan fingerprint density at radius 3 is 2.63 bits per heavy atom. The molecule has 6 aliphatic rings. The number of rotatable bonds is 7. The zero-order chi connectivity index (χ0) is 37.2. The number of amides is 1.